The van der Waals surface area contributed by atoms with Crippen molar-refractivity contribution in [3.8, 4) is 11.5 Å². The monoisotopic (exact) mass is 257 g/mol. The molecule has 4 heteroatoms. The number of methoxy groups -OCH3 is 2. The van der Waals surface area contributed by atoms with E-state index >= 15 is 0 Å². The Morgan fingerprint density at radius 3 is 2.26 bits per heavy atom. The van der Waals surface area contributed by atoms with Crippen LogP contribution in [0.3, 0.4) is 0 Å². The van der Waals surface area contributed by atoms with Crippen molar-refractivity contribution in [1.29, 1.82) is 0 Å². The van der Waals surface area contributed by atoms with Crippen molar-refractivity contribution in [3.05, 3.63) is 54.1 Å². The first-order chi connectivity index (χ1) is 9.24. The van der Waals surface area contributed by atoms with Crippen molar-refractivity contribution in [1.82, 2.24) is 0 Å². The lowest BCUT2D eigenvalue weighted by atomic mass is 10.2. The molecule has 0 aliphatic carbocycles. The van der Waals surface area contributed by atoms with Crippen LogP contribution in [0.2, 0.25) is 0 Å². The predicted molar refractivity (Wildman–Crippen MR) is 73.9 cm³/mol. The van der Waals surface area contributed by atoms with Gasteiger partial charge in [0, 0.05) is 5.69 Å². The number of nitrogens with one attached hydrogen (secondary N) is 1. The van der Waals surface area contributed by atoms with Crippen LogP contribution in [0.25, 0.3) is 0 Å². The molecule has 0 unspecified atom stereocenters. The van der Waals surface area contributed by atoms with Gasteiger partial charge in [0.2, 0.25) is 0 Å². The molecule has 2 rings (SSSR count). The second-order valence-corrected chi connectivity index (χ2v) is 3.88. The maximum Gasteiger partial charge on any atom is 0.259 e. The third-order valence-corrected chi connectivity index (χ3v) is 2.70. The number of ether oxygens (including phenoxy) is 2. The summed E-state index contributed by atoms with van der Waals surface area (Å²) in [5, 5.41) is 2.81. The highest BCUT2D eigenvalue weighted by Gasteiger charge is 2.11. The van der Waals surface area contributed by atoms with Gasteiger partial charge in [-0.3, -0.25) is 4.79 Å². The minimum Gasteiger partial charge on any atom is -0.497 e. The van der Waals surface area contributed by atoms with Crippen LogP contribution in [0.15, 0.2) is 48.5 Å². The lowest BCUT2D eigenvalue weighted by Gasteiger charge is -2.09. The minimum atomic E-state index is -0.206. The summed E-state index contributed by atoms with van der Waals surface area (Å²) in [5.41, 5.74) is 1.21. The molecule has 0 aromatic heterocycles. The summed E-state index contributed by atoms with van der Waals surface area (Å²) in [6.45, 7) is 0. The SMILES string of the molecule is COc1ccc(NC(=O)c2ccccc2OC)cc1. The molecule has 4 nitrogen and oxygen atoms in total. The van der Waals surface area contributed by atoms with E-state index in [1.165, 1.54) is 0 Å². The van der Waals surface area contributed by atoms with E-state index in [0.29, 0.717) is 17.0 Å². The smallest absolute Gasteiger partial charge is 0.259 e. The Hall–Kier alpha value is -2.49. The number of hydrogen-bond acceptors (Lipinski definition) is 3. The maximum atomic E-state index is 12.1. The molecule has 19 heavy (non-hydrogen) atoms. The van der Waals surface area contributed by atoms with Gasteiger partial charge in [0.25, 0.3) is 5.91 Å². The number of carbonyl (C=O) groups excluding carboxylic acids is 1. The van der Waals surface area contributed by atoms with Crippen LogP contribution in [-0.2, 0) is 0 Å². The molecule has 98 valence electrons. The first-order valence-electron chi connectivity index (χ1n) is 5.83. The second-order valence-electron chi connectivity index (χ2n) is 3.88. The quantitative estimate of drug-likeness (QED) is 0.916. The van der Waals surface area contributed by atoms with Gasteiger partial charge in [-0.1, -0.05) is 12.1 Å². The molecule has 1 amide bonds. The van der Waals surface area contributed by atoms with Crippen molar-refractivity contribution in [3.63, 3.8) is 0 Å². The van der Waals surface area contributed by atoms with Crippen LogP contribution in [-0.4, -0.2) is 20.1 Å². The molecule has 0 saturated heterocycles. The van der Waals surface area contributed by atoms with E-state index in [1.807, 2.05) is 6.07 Å². The van der Waals surface area contributed by atoms with Crippen molar-refractivity contribution in [2.24, 2.45) is 0 Å². The molecule has 1 N–H and O–H groups in total. The van der Waals surface area contributed by atoms with E-state index < -0.39 is 0 Å². The molecule has 0 radical (unpaired) electrons. The highest BCUT2D eigenvalue weighted by Crippen LogP contribution is 2.20. The third-order valence-electron chi connectivity index (χ3n) is 2.70. The topological polar surface area (TPSA) is 47.6 Å². The molecule has 0 bridgehead atoms. The number of para-hydroxylation sites is 1. The minimum absolute atomic E-state index is 0.206. The highest BCUT2D eigenvalue weighted by atomic mass is 16.5. The van der Waals surface area contributed by atoms with Crippen LogP contribution in [0.1, 0.15) is 10.4 Å². The van der Waals surface area contributed by atoms with E-state index in [9.17, 15) is 4.79 Å². The molecule has 0 saturated carbocycles. The summed E-state index contributed by atoms with van der Waals surface area (Å²) >= 11 is 0. The van der Waals surface area contributed by atoms with Crippen molar-refractivity contribution >= 4 is 11.6 Å². The van der Waals surface area contributed by atoms with Gasteiger partial charge in [-0.15, -0.1) is 0 Å². The van der Waals surface area contributed by atoms with Crippen LogP contribution in [0.5, 0.6) is 11.5 Å². The van der Waals surface area contributed by atoms with Crippen molar-refractivity contribution < 1.29 is 14.3 Å². The summed E-state index contributed by atoms with van der Waals surface area (Å²) in [7, 11) is 3.14. The van der Waals surface area contributed by atoms with Gasteiger partial charge in [0.1, 0.15) is 11.5 Å². The summed E-state index contributed by atoms with van der Waals surface area (Å²) in [6.07, 6.45) is 0. The number of hydrogen-bond donors (Lipinski definition) is 1. The van der Waals surface area contributed by atoms with E-state index in [2.05, 4.69) is 5.32 Å². The Morgan fingerprint density at radius 2 is 1.63 bits per heavy atom. The summed E-state index contributed by atoms with van der Waals surface area (Å²) in [6, 6.07) is 14.2. The van der Waals surface area contributed by atoms with Gasteiger partial charge in [-0.2, -0.15) is 0 Å². The van der Waals surface area contributed by atoms with Gasteiger partial charge in [0.05, 0.1) is 19.8 Å². The van der Waals surface area contributed by atoms with Crippen LogP contribution < -0.4 is 14.8 Å². The highest BCUT2D eigenvalue weighted by molar-refractivity contribution is 6.06. The molecule has 0 aliphatic heterocycles. The van der Waals surface area contributed by atoms with Gasteiger partial charge in [-0.25, -0.2) is 0 Å². The largest absolute Gasteiger partial charge is 0.497 e. The molecule has 0 aliphatic rings. The average molecular weight is 257 g/mol. The summed E-state index contributed by atoms with van der Waals surface area (Å²) in [4.78, 5) is 12.1. The maximum absolute atomic E-state index is 12.1. The van der Waals surface area contributed by atoms with E-state index in [-0.39, 0.29) is 5.91 Å². The molecule has 0 atom stereocenters. The van der Waals surface area contributed by atoms with Crippen molar-refractivity contribution in [2.45, 2.75) is 0 Å². The predicted octanol–water partition coefficient (Wildman–Crippen LogP) is 2.96. The zero-order chi connectivity index (χ0) is 13.7. The standard InChI is InChI=1S/C15H15NO3/c1-18-12-9-7-11(8-10-12)16-15(17)13-5-3-4-6-14(13)19-2/h3-10H,1-2H3,(H,16,17). The number of anilines is 1. The number of carbonyl (C=O) groups is 1. The van der Waals surface area contributed by atoms with E-state index in [1.54, 1.807) is 56.7 Å². The molecule has 0 spiro atoms. The molecular formula is C15H15NO3. The molecule has 0 heterocycles. The molecular weight excluding hydrogens is 242 g/mol. The number of rotatable bonds is 4. The Balaban J connectivity index is 2.16. The zero-order valence-corrected chi connectivity index (χ0v) is 10.8. The Labute approximate surface area is 112 Å². The van der Waals surface area contributed by atoms with Gasteiger partial charge in [0.15, 0.2) is 0 Å². The second kappa shape index (κ2) is 5.91. The first kappa shape index (κ1) is 13.0. The molecule has 2 aromatic rings. The Morgan fingerprint density at radius 1 is 0.947 bits per heavy atom. The zero-order valence-electron chi connectivity index (χ0n) is 10.8. The lowest BCUT2D eigenvalue weighted by molar-refractivity contribution is 0.102. The fraction of sp³-hybridized carbons (Fsp3) is 0.133. The number of amides is 1. The van der Waals surface area contributed by atoms with Gasteiger partial charge >= 0.3 is 0 Å². The molecule has 2 aromatic carbocycles. The fourth-order valence-corrected chi connectivity index (χ4v) is 1.71. The number of benzene rings is 2. The molecule has 0 fully saturated rings. The summed E-state index contributed by atoms with van der Waals surface area (Å²) < 4.78 is 10.2. The van der Waals surface area contributed by atoms with E-state index in [0.717, 1.165) is 5.75 Å². The van der Waals surface area contributed by atoms with Crippen LogP contribution in [0, 0.1) is 0 Å². The van der Waals surface area contributed by atoms with Gasteiger partial charge in [-0.05, 0) is 36.4 Å². The lowest BCUT2D eigenvalue weighted by Crippen LogP contribution is -2.12. The van der Waals surface area contributed by atoms with Crippen molar-refractivity contribution in [2.75, 3.05) is 19.5 Å². The Bertz CT molecular complexity index is 564. The fourth-order valence-electron chi connectivity index (χ4n) is 1.71. The Kier molecular flexibility index (Phi) is 4.03. The van der Waals surface area contributed by atoms with Crippen LogP contribution in [0.4, 0.5) is 5.69 Å². The average Bonchev–Trinajstić information content (AvgIpc) is 2.48. The first-order valence-corrected chi connectivity index (χ1v) is 5.83. The summed E-state index contributed by atoms with van der Waals surface area (Å²) in [5.74, 6) is 1.09. The normalized spacial score (nSPS) is 9.79. The van der Waals surface area contributed by atoms with E-state index in [4.69, 9.17) is 9.47 Å². The third kappa shape index (κ3) is 3.04. The van der Waals surface area contributed by atoms with Crippen LogP contribution >= 0.6 is 0 Å². The van der Waals surface area contributed by atoms with Gasteiger partial charge < -0.3 is 14.8 Å².